The van der Waals surface area contributed by atoms with Gasteiger partial charge in [-0.15, -0.1) is 0 Å². The fourth-order valence-corrected chi connectivity index (χ4v) is 9.13. The molecule has 1 aromatic heterocycles. The van der Waals surface area contributed by atoms with E-state index in [0.29, 0.717) is 0 Å². The maximum Gasteiger partial charge on any atom is 0.0546 e. The van der Waals surface area contributed by atoms with Crippen molar-refractivity contribution in [3.8, 4) is 50.2 Å². The summed E-state index contributed by atoms with van der Waals surface area (Å²) < 4.78 is 2.42. The van der Waals surface area contributed by atoms with Crippen molar-refractivity contribution in [1.29, 1.82) is 0 Å². The summed E-state index contributed by atoms with van der Waals surface area (Å²) in [6.07, 6.45) is 0. The van der Waals surface area contributed by atoms with Crippen molar-refractivity contribution in [1.82, 2.24) is 4.57 Å². The van der Waals surface area contributed by atoms with Crippen molar-refractivity contribution in [3.63, 3.8) is 0 Å². The van der Waals surface area contributed by atoms with E-state index in [2.05, 4.69) is 252 Å². The van der Waals surface area contributed by atoms with Gasteiger partial charge in [0.25, 0.3) is 0 Å². The molecule has 11 aromatic rings. The number of nitrogens with zero attached hydrogens (tertiary/aromatic N) is 2. The molecule has 0 bridgehead atoms. The van der Waals surface area contributed by atoms with Crippen LogP contribution in [-0.4, -0.2) is 4.57 Å². The molecule has 60 heavy (non-hydrogen) atoms. The summed E-state index contributed by atoms with van der Waals surface area (Å²) in [6.45, 7) is 0. The van der Waals surface area contributed by atoms with E-state index in [1.54, 1.807) is 0 Å². The summed E-state index contributed by atoms with van der Waals surface area (Å²) in [4.78, 5) is 2.47. The molecule has 0 N–H and O–H groups in total. The number of fused-ring (bicyclic) bond motifs is 4. The minimum atomic E-state index is 1.08. The summed E-state index contributed by atoms with van der Waals surface area (Å²) in [7, 11) is 0. The third-order valence-corrected chi connectivity index (χ3v) is 11.8. The standard InChI is InChI=1S/C58H40N2/c1-3-19-41(20-4-1)46-25-9-10-30-52(46)58-49(43-21-5-2-6-22-43)31-18-36-57(58)59(53-35-17-24-42-23-7-8-26-47(42)53)45-39-37-44(38-40-45)48-27-11-14-32-54(48)60-55-33-15-12-28-50(55)51-29-13-16-34-56(51)60/h1-40H. The lowest BCUT2D eigenvalue weighted by Crippen LogP contribution is -2.12. The highest BCUT2D eigenvalue weighted by molar-refractivity contribution is 6.10. The van der Waals surface area contributed by atoms with Gasteiger partial charge in [0.15, 0.2) is 0 Å². The Hall–Kier alpha value is -7.94. The molecule has 0 aliphatic heterocycles. The van der Waals surface area contributed by atoms with Crippen molar-refractivity contribution in [2.24, 2.45) is 0 Å². The number of para-hydroxylation sites is 3. The number of rotatable bonds is 8. The van der Waals surface area contributed by atoms with Crippen LogP contribution in [0.3, 0.4) is 0 Å². The monoisotopic (exact) mass is 764 g/mol. The SMILES string of the molecule is c1ccc(-c2ccccc2-c2c(-c3ccccc3)cccc2N(c2ccc(-c3ccccc3-n3c4ccccc4c4ccccc43)cc2)c2cccc3ccccc23)cc1. The molecule has 0 saturated carbocycles. The minimum absolute atomic E-state index is 1.08. The normalized spacial score (nSPS) is 11.3. The molecule has 2 nitrogen and oxygen atoms in total. The average Bonchev–Trinajstić information content (AvgIpc) is 3.67. The largest absolute Gasteiger partial charge is 0.309 e. The summed E-state index contributed by atoms with van der Waals surface area (Å²) in [5, 5.41) is 4.90. The Morgan fingerprint density at radius 2 is 0.750 bits per heavy atom. The van der Waals surface area contributed by atoms with Gasteiger partial charge in [0, 0.05) is 33.0 Å². The molecule has 0 amide bonds. The van der Waals surface area contributed by atoms with Crippen molar-refractivity contribution in [2.45, 2.75) is 0 Å². The van der Waals surface area contributed by atoms with E-state index in [0.717, 1.165) is 28.3 Å². The lowest BCUT2D eigenvalue weighted by Gasteiger charge is -2.31. The van der Waals surface area contributed by atoms with E-state index in [1.807, 2.05) is 0 Å². The Balaban J connectivity index is 1.14. The van der Waals surface area contributed by atoms with Crippen LogP contribution in [0.2, 0.25) is 0 Å². The molecule has 0 aliphatic carbocycles. The van der Waals surface area contributed by atoms with E-state index in [9.17, 15) is 0 Å². The Morgan fingerprint density at radius 3 is 1.45 bits per heavy atom. The molecular formula is C58H40N2. The van der Waals surface area contributed by atoms with Crippen molar-refractivity contribution >= 4 is 49.6 Å². The number of hydrogen-bond donors (Lipinski definition) is 0. The molecule has 0 fully saturated rings. The number of aromatic nitrogens is 1. The van der Waals surface area contributed by atoms with Crippen LogP contribution in [0.15, 0.2) is 243 Å². The third kappa shape index (κ3) is 6.06. The molecule has 0 atom stereocenters. The van der Waals surface area contributed by atoms with Crippen molar-refractivity contribution in [3.05, 3.63) is 243 Å². The topological polar surface area (TPSA) is 8.17 Å². The van der Waals surface area contributed by atoms with Crippen LogP contribution in [0.5, 0.6) is 0 Å². The van der Waals surface area contributed by atoms with Crippen LogP contribution in [0.4, 0.5) is 17.1 Å². The highest BCUT2D eigenvalue weighted by atomic mass is 15.1. The lowest BCUT2D eigenvalue weighted by atomic mass is 9.87. The second-order valence-corrected chi connectivity index (χ2v) is 15.2. The van der Waals surface area contributed by atoms with Gasteiger partial charge in [-0.2, -0.15) is 0 Å². The molecule has 0 saturated heterocycles. The second-order valence-electron chi connectivity index (χ2n) is 15.2. The van der Waals surface area contributed by atoms with Crippen LogP contribution in [0.1, 0.15) is 0 Å². The molecule has 2 heteroatoms. The van der Waals surface area contributed by atoms with Crippen molar-refractivity contribution in [2.75, 3.05) is 4.90 Å². The van der Waals surface area contributed by atoms with Crippen molar-refractivity contribution < 1.29 is 0 Å². The molecule has 11 rings (SSSR count). The predicted octanol–water partition coefficient (Wildman–Crippen LogP) is 16.1. The Morgan fingerprint density at radius 1 is 0.283 bits per heavy atom. The molecule has 10 aromatic carbocycles. The first kappa shape index (κ1) is 35.2. The Bertz CT molecular complexity index is 3250. The maximum absolute atomic E-state index is 2.47. The van der Waals surface area contributed by atoms with Gasteiger partial charge in [-0.3, -0.25) is 0 Å². The molecule has 0 aliphatic rings. The van der Waals surface area contributed by atoms with Gasteiger partial charge in [0.1, 0.15) is 0 Å². The number of benzene rings is 10. The predicted molar refractivity (Wildman–Crippen MR) is 255 cm³/mol. The summed E-state index contributed by atoms with van der Waals surface area (Å²) in [5.41, 5.74) is 16.3. The zero-order valence-electron chi connectivity index (χ0n) is 33.0. The third-order valence-electron chi connectivity index (χ3n) is 11.8. The van der Waals surface area contributed by atoms with Gasteiger partial charge in [0.05, 0.1) is 28.1 Å². The van der Waals surface area contributed by atoms with Gasteiger partial charge >= 0.3 is 0 Å². The minimum Gasteiger partial charge on any atom is -0.309 e. The molecule has 1 heterocycles. The molecule has 0 unspecified atom stereocenters. The van der Waals surface area contributed by atoms with Crippen LogP contribution in [0.25, 0.3) is 82.8 Å². The molecule has 0 spiro atoms. The van der Waals surface area contributed by atoms with E-state index in [4.69, 9.17) is 0 Å². The van der Waals surface area contributed by atoms with E-state index in [-0.39, 0.29) is 0 Å². The smallest absolute Gasteiger partial charge is 0.0546 e. The summed E-state index contributed by atoms with van der Waals surface area (Å²) in [6, 6.07) is 87.9. The quantitative estimate of drug-likeness (QED) is 0.150. The Labute approximate surface area is 350 Å². The van der Waals surface area contributed by atoms with Crippen LogP contribution in [-0.2, 0) is 0 Å². The van der Waals surface area contributed by atoms with E-state index >= 15 is 0 Å². The Kier molecular flexibility index (Phi) is 8.87. The lowest BCUT2D eigenvalue weighted by molar-refractivity contribution is 1.18. The van der Waals surface area contributed by atoms with Gasteiger partial charge in [-0.25, -0.2) is 0 Å². The summed E-state index contributed by atoms with van der Waals surface area (Å²) in [5.74, 6) is 0. The van der Waals surface area contributed by atoms with Gasteiger partial charge < -0.3 is 9.47 Å². The number of hydrogen-bond acceptors (Lipinski definition) is 1. The van der Waals surface area contributed by atoms with Gasteiger partial charge in [-0.1, -0.05) is 200 Å². The zero-order valence-corrected chi connectivity index (χ0v) is 33.0. The maximum atomic E-state index is 2.47. The highest BCUT2D eigenvalue weighted by Gasteiger charge is 2.24. The molecular weight excluding hydrogens is 725 g/mol. The zero-order chi connectivity index (χ0) is 39.8. The summed E-state index contributed by atoms with van der Waals surface area (Å²) >= 11 is 0. The fourth-order valence-electron chi connectivity index (χ4n) is 9.13. The van der Waals surface area contributed by atoms with E-state index in [1.165, 1.54) is 71.5 Å². The first-order chi connectivity index (χ1) is 29.8. The second kappa shape index (κ2) is 15.1. The van der Waals surface area contributed by atoms with Crippen LogP contribution >= 0.6 is 0 Å². The van der Waals surface area contributed by atoms with Gasteiger partial charge in [-0.05, 0) is 81.2 Å². The first-order valence-corrected chi connectivity index (χ1v) is 20.6. The highest BCUT2D eigenvalue weighted by Crippen LogP contribution is 2.49. The van der Waals surface area contributed by atoms with Crippen LogP contribution in [0, 0.1) is 0 Å². The molecule has 282 valence electrons. The number of anilines is 3. The molecule has 0 radical (unpaired) electrons. The average molecular weight is 765 g/mol. The first-order valence-electron chi connectivity index (χ1n) is 20.6. The van der Waals surface area contributed by atoms with Gasteiger partial charge in [0.2, 0.25) is 0 Å². The van der Waals surface area contributed by atoms with Crippen LogP contribution < -0.4 is 4.90 Å². The van der Waals surface area contributed by atoms with E-state index < -0.39 is 0 Å². The fraction of sp³-hybridized carbons (Fsp3) is 0.